The van der Waals surface area contributed by atoms with Gasteiger partial charge in [0.25, 0.3) is 0 Å². The summed E-state index contributed by atoms with van der Waals surface area (Å²) < 4.78 is 1.77. The molecule has 5 nitrogen and oxygen atoms in total. The summed E-state index contributed by atoms with van der Waals surface area (Å²) in [6.45, 7) is 4.54. The number of aryl methyl sites for hydroxylation is 1. The summed E-state index contributed by atoms with van der Waals surface area (Å²) in [4.78, 5) is 10.7. The molecule has 0 aliphatic heterocycles. The van der Waals surface area contributed by atoms with Crippen LogP contribution < -0.4 is 0 Å². The highest BCUT2D eigenvalue weighted by Gasteiger charge is 2.10. The molecule has 0 aromatic carbocycles. The van der Waals surface area contributed by atoms with Crippen LogP contribution in [0.15, 0.2) is 0 Å². The van der Waals surface area contributed by atoms with Crippen molar-refractivity contribution in [2.75, 3.05) is 0 Å². The van der Waals surface area contributed by atoms with Gasteiger partial charge in [0.15, 0.2) is 6.29 Å². The Labute approximate surface area is 95.5 Å². The summed E-state index contributed by atoms with van der Waals surface area (Å²) in [5, 5.41) is 16.9. The van der Waals surface area contributed by atoms with Crippen molar-refractivity contribution in [1.29, 1.82) is 0 Å². The molecule has 0 spiro atoms. The van der Waals surface area contributed by atoms with Crippen molar-refractivity contribution in [3.63, 3.8) is 0 Å². The highest BCUT2D eigenvalue weighted by atomic mass is 16.3. The Morgan fingerprint density at radius 1 is 1.56 bits per heavy atom. The molecule has 0 radical (unpaired) electrons. The van der Waals surface area contributed by atoms with Crippen molar-refractivity contribution in [3.05, 3.63) is 11.4 Å². The summed E-state index contributed by atoms with van der Waals surface area (Å²) in [5.41, 5.74) is 1.35. The molecule has 16 heavy (non-hydrogen) atoms. The van der Waals surface area contributed by atoms with Crippen LogP contribution in [0.5, 0.6) is 0 Å². The number of carbonyl (C=O) groups excluding carboxylic acids is 1. The van der Waals surface area contributed by atoms with Gasteiger partial charge in [-0.2, -0.15) is 0 Å². The molecule has 0 amide bonds. The van der Waals surface area contributed by atoms with Gasteiger partial charge in [0.1, 0.15) is 5.69 Å². The zero-order valence-corrected chi connectivity index (χ0v) is 9.89. The Balaban J connectivity index is 2.64. The van der Waals surface area contributed by atoms with E-state index < -0.39 is 0 Å². The second-order valence-electron chi connectivity index (χ2n) is 4.00. The maximum atomic E-state index is 10.7. The Morgan fingerprint density at radius 2 is 2.31 bits per heavy atom. The van der Waals surface area contributed by atoms with Crippen LogP contribution in [0, 0.1) is 0 Å². The smallest absolute Gasteiger partial charge is 0.172 e. The Hall–Kier alpha value is -1.23. The largest absolute Gasteiger partial charge is 0.393 e. The lowest BCUT2D eigenvalue weighted by atomic mass is 10.2. The summed E-state index contributed by atoms with van der Waals surface area (Å²) in [5.74, 6) is 0. The van der Waals surface area contributed by atoms with Gasteiger partial charge in [0, 0.05) is 6.54 Å². The number of nitrogens with zero attached hydrogens (tertiary/aromatic N) is 3. The molecule has 1 unspecified atom stereocenters. The molecule has 1 aromatic rings. The lowest BCUT2D eigenvalue weighted by Crippen LogP contribution is -2.09. The van der Waals surface area contributed by atoms with E-state index in [2.05, 4.69) is 17.2 Å². The SMILES string of the molecule is CCCc1c(C=O)nnn1CCCC(C)O. The fraction of sp³-hybridized carbons (Fsp3) is 0.727. The fourth-order valence-electron chi connectivity index (χ4n) is 1.65. The van der Waals surface area contributed by atoms with E-state index in [0.717, 1.165) is 37.7 Å². The number of aliphatic hydroxyl groups is 1. The molecule has 0 fully saturated rings. The minimum atomic E-state index is -0.288. The van der Waals surface area contributed by atoms with E-state index in [4.69, 9.17) is 5.11 Å². The molecule has 1 aromatic heterocycles. The van der Waals surface area contributed by atoms with Crippen molar-refractivity contribution in [3.8, 4) is 0 Å². The standard InChI is InChI=1S/C11H19N3O2/c1-3-5-11-10(8-15)12-13-14(11)7-4-6-9(2)16/h8-9,16H,3-7H2,1-2H3. The minimum Gasteiger partial charge on any atom is -0.393 e. The number of hydrogen-bond acceptors (Lipinski definition) is 4. The molecule has 0 saturated carbocycles. The molecule has 0 saturated heterocycles. The summed E-state index contributed by atoms with van der Waals surface area (Å²) in [6, 6.07) is 0. The van der Waals surface area contributed by atoms with Crippen LogP contribution in [0.25, 0.3) is 0 Å². The third-order valence-corrected chi connectivity index (χ3v) is 2.46. The van der Waals surface area contributed by atoms with Gasteiger partial charge >= 0.3 is 0 Å². The maximum absolute atomic E-state index is 10.7. The fourth-order valence-corrected chi connectivity index (χ4v) is 1.65. The maximum Gasteiger partial charge on any atom is 0.172 e. The van der Waals surface area contributed by atoms with Crippen LogP contribution in [-0.4, -0.2) is 32.5 Å². The Bertz CT molecular complexity index is 334. The van der Waals surface area contributed by atoms with E-state index in [1.54, 1.807) is 11.6 Å². The van der Waals surface area contributed by atoms with Crippen LogP contribution >= 0.6 is 0 Å². The van der Waals surface area contributed by atoms with Crippen molar-refractivity contribution < 1.29 is 9.90 Å². The van der Waals surface area contributed by atoms with E-state index in [0.29, 0.717) is 12.2 Å². The molecule has 0 bridgehead atoms. The monoisotopic (exact) mass is 225 g/mol. The number of hydrogen-bond donors (Lipinski definition) is 1. The van der Waals surface area contributed by atoms with Crippen LogP contribution in [0.1, 0.15) is 49.3 Å². The first-order chi connectivity index (χ1) is 7.69. The summed E-state index contributed by atoms with van der Waals surface area (Å²) in [7, 11) is 0. The topological polar surface area (TPSA) is 68.0 Å². The molecule has 0 aliphatic rings. The lowest BCUT2D eigenvalue weighted by Gasteiger charge is -2.06. The average Bonchev–Trinajstić information content (AvgIpc) is 2.61. The molecular formula is C11H19N3O2. The van der Waals surface area contributed by atoms with Gasteiger partial charge in [-0.1, -0.05) is 18.6 Å². The van der Waals surface area contributed by atoms with Crippen LogP contribution in [0.3, 0.4) is 0 Å². The minimum absolute atomic E-state index is 0.288. The van der Waals surface area contributed by atoms with Gasteiger partial charge in [0.05, 0.1) is 11.8 Å². The van der Waals surface area contributed by atoms with E-state index in [9.17, 15) is 4.79 Å². The lowest BCUT2D eigenvalue weighted by molar-refractivity contribution is 0.111. The van der Waals surface area contributed by atoms with Gasteiger partial charge in [-0.15, -0.1) is 5.10 Å². The molecular weight excluding hydrogens is 206 g/mol. The van der Waals surface area contributed by atoms with Crippen LogP contribution in [0.4, 0.5) is 0 Å². The number of rotatable bonds is 7. The zero-order chi connectivity index (χ0) is 12.0. The predicted octanol–water partition coefficient (Wildman–Crippen LogP) is 1.20. The van der Waals surface area contributed by atoms with Crippen molar-refractivity contribution in [2.45, 2.75) is 52.2 Å². The Kier molecular flexibility index (Phi) is 5.11. The number of aliphatic hydroxyl groups excluding tert-OH is 1. The molecule has 1 rings (SSSR count). The zero-order valence-electron chi connectivity index (χ0n) is 9.89. The highest BCUT2D eigenvalue weighted by Crippen LogP contribution is 2.08. The molecule has 1 heterocycles. The Morgan fingerprint density at radius 3 is 2.88 bits per heavy atom. The first kappa shape index (κ1) is 12.8. The molecule has 5 heteroatoms. The predicted molar refractivity (Wildman–Crippen MR) is 60.3 cm³/mol. The van der Waals surface area contributed by atoms with Crippen molar-refractivity contribution >= 4 is 6.29 Å². The second-order valence-corrected chi connectivity index (χ2v) is 4.00. The first-order valence-electron chi connectivity index (χ1n) is 5.74. The van der Waals surface area contributed by atoms with Gasteiger partial charge < -0.3 is 5.11 Å². The second kappa shape index (κ2) is 6.37. The van der Waals surface area contributed by atoms with Crippen LogP contribution in [0.2, 0.25) is 0 Å². The van der Waals surface area contributed by atoms with E-state index >= 15 is 0 Å². The third kappa shape index (κ3) is 3.41. The highest BCUT2D eigenvalue weighted by molar-refractivity contribution is 5.73. The number of carbonyl (C=O) groups is 1. The van der Waals surface area contributed by atoms with Crippen molar-refractivity contribution in [1.82, 2.24) is 15.0 Å². The summed E-state index contributed by atoms with van der Waals surface area (Å²) in [6.07, 6.45) is 3.82. The van der Waals surface area contributed by atoms with Gasteiger partial charge in [-0.3, -0.25) is 4.79 Å². The van der Waals surface area contributed by atoms with Gasteiger partial charge in [-0.05, 0) is 26.2 Å². The number of aromatic nitrogens is 3. The van der Waals surface area contributed by atoms with Crippen LogP contribution in [-0.2, 0) is 13.0 Å². The molecule has 0 aliphatic carbocycles. The van der Waals surface area contributed by atoms with E-state index in [1.807, 2.05) is 0 Å². The molecule has 90 valence electrons. The average molecular weight is 225 g/mol. The number of aldehydes is 1. The van der Waals surface area contributed by atoms with E-state index in [-0.39, 0.29) is 6.10 Å². The third-order valence-electron chi connectivity index (χ3n) is 2.46. The normalized spacial score (nSPS) is 12.7. The van der Waals surface area contributed by atoms with Crippen molar-refractivity contribution in [2.24, 2.45) is 0 Å². The first-order valence-corrected chi connectivity index (χ1v) is 5.74. The molecule has 1 atom stereocenters. The molecule has 1 N–H and O–H groups in total. The van der Waals surface area contributed by atoms with Gasteiger partial charge in [0.2, 0.25) is 0 Å². The van der Waals surface area contributed by atoms with Gasteiger partial charge in [-0.25, -0.2) is 4.68 Å². The summed E-state index contributed by atoms with van der Waals surface area (Å²) >= 11 is 0. The van der Waals surface area contributed by atoms with E-state index in [1.165, 1.54) is 0 Å². The quantitative estimate of drug-likeness (QED) is 0.708.